The molecule has 0 aliphatic carbocycles. The van der Waals surface area contributed by atoms with Crippen molar-refractivity contribution in [2.45, 2.75) is 50.9 Å². The Labute approximate surface area is 139 Å². The van der Waals surface area contributed by atoms with Gasteiger partial charge < -0.3 is 5.32 Å². The molecule has 7 heteroatoms. The van der Waals surface area contributed by atoms with E-state index in [2.05, 4.69) is 70.7 Å². The number of hydrogen-bond acceptors (Lipinski definition) is 4. The lowest BCUT2D eigenvalue weighted by Crippen LogP contribution is -2.47. The van der Waals surface area contributed by atoms with E-state index in [0.717, 1.165) is 34.0 Å². The van der Waals surface area contributed by atoms with Crippen LogP contribution < -0.4 is 5.32 Å². The second-order valence-electron chi connectivity index (χ2n) is 6.00. The van der Waals surface area contributed by atoms with E-state index < -0.39 is 8.07 Å². The van der Waals surface area contributed by atoms with E-state index >= 15 is 0 Å². The molecule has 3 nitrogen and oxygen atoms in total. The highest BCUT2D eigenvalue weighted by molar-refractivity contribution is 9.14. The van der Waals surface area contributed by atoms with Crippen molar-refractivity contribution in [2.24, 2.45) is 0 Å². The molecule has 1 aliphatic heterocycles. The molecule has 19 heavy (non-hydrogen) atoms. The van der Waals surface area contributed by atoms with Gasteiger partial charge in [-0.05, 0) is 57.0 Å². The van der Waals surface area contributed by atoms with E-state index in [4.69, 9.17) is 4.84 Å². The molecule has 0 saturated heterocycles. The fourth-order valence-electron chi connectivity index (χ4n) is 1.60. The first-order valence-electron chi connectivity index (χ1n) is 6.60. The van der Waals surface area contributed by atoms with Crippen LogP contribution in [0.5, 0.6) is 0 Å². The summed E-state index contributed by atoms with van der Waals surface area (Å²) in [7, 11) is -1.06. The number of hydroxylamine groups is 2. The Morgan fingerprint density at radius 3 is 2.53 bits per heavy atom. The maximum Gasteiger partial charge on any atom is 0.181 e. The first kappa shape index (κ1) is 17.9. The van der Waals surface area contributed by atoms with Crippen molar-refractivity contribution in [3.8, 4) is 0 Å². The van der Waals surface area contributed by atoms with Crippen LogP contribution in [0.4, 0.5) is 0 Å². The van der Waals surface area contributed by atoms with E-state index in [1.165, 1.54) is 0 Å². The van der Waals surface area contributed by atoms with E-state index in [9.17, 15) is 0 Å². The van der Waals surface area contributed by atoms with E-state index in [-0.39, 0.29) is 4.99 Å². The summed E-state index contributed by atoms with van der Waals surface area (Å²) in [4.78, 5) is 5.78. The van der Waals surface area contributed by atoms with Crippen LogP contribution in [-0.2, 0) is 4.84 Å². The van der Waals surface area contributed by atoms with Crippen LogP contribution in [0.2, 0.25) is 25.7 Å². The molecular formula is C12H24Br2N2OSSi. The quantitative estimate of drug-likeness (QED) is 0.457. The largest absolute Gasteiger partial charge is 0.345 e. The smallest absolute Gasteiger partial charge is 0.181 e. The van der Waals surface area contributed by atoms with Gasteiger partial charge in [0.05, 0.1) is 6.61 Å². The van der Waals surface area contributed by atoms with Gasteiger partial charge in [-0.2, -0.15) is 0 Å². The molecular weight excluding hydrogens is 408 g/mol. The van der Waals surface area contributed by atoms with Gasteiger partial charge in [-0.25, -0.2) is 5.06 Å². The number of hydrogen-bond donors (Lipinski definition) is 1. The molecule has 0 fully saturated rings. The number of thioether (sulfide) groups is 1. The third-order valence-electron chi connectivity index (χ3n) is 2.75. The molecule has 0 amide bonds. The van der Waals surface area contributed by atoms with E-state index in [0.29, 0.717) is 0 Å². The molecule has 1 atom stereocenters. The van der Waals surface area contributed by atoms with Crippen molar-refractivity contribution >= 4 is 51.7 Å². The highest BCUT2D eigenvalue weighted by Gasteiger charge is 2.41. The summed E-state index contributed by atoms with van der Waals surface area (Å²) in [6.07, 6.45) is 1.15. The predicted octanol–water partition coefficient (Wildman–Crippen LogP) is 4.89. The molecule has 1 unspecified atom stereocenters. The summed E-state index contributed by atoms with van der Waals surface area (Å²) in [5, 5.41) is 5.39. The standard InChI is InChI=1S/C12H24Br2N2OSSi/c1-6-8-18-12(2)15-10(13)11(14)16(12)17-7-9-19(3,4)5/h15H,6-9H2,1-5H3. The molecule has 0 aromatic rings. The highest BCUT2D eigenvalue weighted by Crippen LogP contribution is 2.41. The maximum atomic E-state index is 6.02. The monoisotopic (exact) mass is 430 g/mol. The fraction of sp³-hybridized carbons (Fsp3) is 0.833. The van der Waals surface area contributed by atoms with Gasteiger partial charge in [0.15, 0.2) is 4.99 Å². The van der Waals surface area contributed by atoms with Gasteiger partial charge in [0, 0.05) is 8.07 Å². The van der Waals surface area contributed by atoms with Gasteiger partial charge in [0.2, 0.25) is 0 Å². The highest BCUT2D eigenvalue weighted by atomic mass is 79.9. The van der Waals surface area contributed by atoms with Gasteiger partial charge in [-0.3, -0.25) is 4.84 Å². The van der Waals surface area contributed by atoms with Gasteiger partial charge in [-0.1, -0.05) is 26.6 Å². The summed E-state index contributed by atoms with van der Waals surface area (Å²) in [5.41, 5.74) is 0. The van der Waals surface area contributed by atoms with Gasteiger partial charge in [0.25, 0.3) is 0 Å². The maximum absolute atomic E-state index is 6.02. The van der Waals surface area contributed by atoms with Crippen molar-refractivity contribution in [1.29, 1.82) is 0 Å². The first-order valence-corrected chi connectivity index (χ1v) is 12.9. The molecule has 0 aromatic carbocycles. The lowest BCUT2D eigenvalue weighted by atomic mass is 10.6. The summed E-state index contributed by atoms with van der Waals surface area (Å²) in [6.45, 7) is 12.2. The molecule has 0 aromatic heterocycles. The SMILES string of the molecule is CCCSC1(C)NC(Br)=C(Br)N1OCC[Si](C)(C)C. The number of nitrogens with one attached hydrogen (secondary N) is 1. The summed E-state index contributed by atoms with van der Waals surface area (Å²) >= 11 is 8.99. The van der Waals surface area contributed by atoms with Crippen LogP contribution in [0.25, 0.3) is 0 Å². The summed E-state index contributed by atoms with van der Waals surface area (Å²) in [6, 6.07) is 1.16. The van der Waals surface area contributed by atoms with E-state index in [1.54, 1.807) is 0 Å². The minimum atomic E-state index is -1.06. The number of nitrogens with zero attached hydrogens (tertiary/aromatic N) is 1. The third-order valence-corrected chi connectivity index (χ3v) is 7.72. The summed E-state index contributed by atoms with van der Waals surface area (Å²) in [5.74, 6) is 1.10. The number of halogens is 2. The Kier molecular flexibility index (Phi) is 6.77. The third kappa shape index (κ3) is 5.26. The van der Waals surface area contributed by atoms with Crippen molar-refractivity contribution in [3.05, 3.63) is 9.21 Å². The molecule has 0 bridgehead atoms. The van der Waals surface area contributed by atoms with Gasteiger partial charge >= 0.3 is 0 Å². The van der Waals surface area contributed by atoms with Crippen LogP contribution in [0.3, 0.4) is 0 Å². The minimum Gasteiger partial charge on any atom is -0.345 e. The zero-order chi connectivity index (χ0) is 14.7. The van der Waals surface area contributed by atoms with Crippen LogP contribution >= 0.6 is 43.6 Å². The van der Waals surface area contributed by atoms with Crippen molar-refractivity contribution in [2.75, 3.05) is 12.4 Å². The normalized spacial score (nSPS) is 24.1. The Hall–Kier alpha value is 0.827. The minimum absolute atomic E-state index is 0.243. The zero-order valence-corrected chi connectivity index (χ0v) is 17.3. The van der Waals surface area contributed by atoms with Crippen molar-refractivity contribution in [3.63, 3.8) is 0 Å². The Balaban J connectivity index is 2.64. The zero-order valence-electron chi connectivity index (χ0n) is 12.3. The van der Waals surface area contributed by atoms with Crippen LogP contribution in [0.1, 0.15) is 20.3 Å². The molecule has 0 radical (unpaired) electrons. The molecule has 0 saturated carbocycles. The van der Waals surface area contributed by atoms with E-state index in [1.807, 2.05) is 16.8 Å². The first-order chi connectivity index (χ1) is 8.69. The second-order valence-corrected chi connectivity index (χ2v) is 14.7. The van der Waals surface area contributed by atoms with Crippen LogP contribution in [0, 0.1) is 0 Å². The lowest BCUT2D eigenvalue weighted by Gasteiger charge is -2.35. The Bertz CT molecular complexity index is 349. The molecule has 1 N–H and O–H groups in total. The average Bonchev–Trinajstić information content (AvgIpc) is 2.49. The van der Waals surface area contributed by atoms with Crippen LogP contribution in [-0.4, -0.2) is 30.5 Å². The molecule has 112 valence electrons. The molecule has 1 aliphatic rings. The van der Waals surface area contributed by atoms with Crippen molar-refractivity contribution < 1.29 is 4.84 Å². The van der Waals surface area contributed by atoms with Gasteiger partial charge in [0.1, 0.15) is 9.21 Å². The predicted molar refractivity (Wildman–Crippen MR) is 95.1 cm³/mol. The topological polar surface area (TPSA) is 24.5 Å². The molecule has 0 spiro atoms. The fourth-order valence-corrected chi connectivity index (χ4v) is 4.69. The summed E-state index contributed by atoms with van der Waals surface area (Å²) < 4.78 is 1.89. The molecule has 1 rings (SSSR count). The lowest BCUT2D eigenvalue weighted by molar-refractivity contribution is -0.149. The van der Waals surface area contributed by atoms with Gasteiger partial charge in [-0.15, -0.1) is 11.8 Å². The molecule has 1 heterocycles. The van der Waals surface area contributed by atoms with Crippen molar-refractivity contribution in [1.82, 2.24) is 10.4 Å². The number of rotatable bonds is 7. The Morgan fingerprint density at radius 2 is 2.00 bits per heavy atom. The second kappa shape index (κ2) is 7.20. The van der Waals surface area contributed by atoms with Crippen LogP contribution in [0.15, 0.2) is 9.21 Å². The Morgan fingerprint density at radius 1 is 1.37 bits per heavy atom. The average molecular weight is 432 g/mol.